The summed E-state index contributed by atoms with van der Waals surface area (Å²) in [5.74, 6) is -0.433. The minimum absolute atomic E-state index is 0.0777. The van der Waals surface area contributed by atoms with Crippen LogP contribution < -0.4 is 4.74 Å². The van der Waals surface area contributed by atoms with Crippen molar-refractivity contribution in [3.8, 4) is 5.75 Å². The maximum Gasteiger partial charge on any atom is 0.310 e. The normalized spacial score (nSPS) is 10.3. The molecule has 126 valence electrons. The van der Waals surface area contributed by atoms with E-state index in [0.717, 1.165) is 3.79 Å². The number of carbonyl (C=O) groups is 3. The van der Waals surface area contributed by atoms with E-state index in [1.54, 1.807) is 30.3 Å². The van der Waals surface area contributed by atoms with Crippen LogP contribution in [-0.4, -0.2) is 31.3 Å². The summed E-state index contributed by atoms with van der Waals surface area (Å²) >= 11 is 4.56. The predicted octanol–water partition coefficient (Wildman–Crippen LogP) is 3.69. The van der Waals surface area contributed by atoms with Crippen molar-refractivity contribution < 1.29 is 23.9 Å². The fourth-order valence-corrected chi connectivity index (χ4v) is 3.33. The van der Waals surface area contributed by atoms with Gasteiger partial charge < -0.3 is 9.47 Å². The molecule has 0 N–H and O–H groups in total. The summed E-state index contributed by atoms with van der Waals surface area (Å²) in [6.07, 6.45) is -0.0777. The highest BCUT2D eigenvalue weighted by atomic mass is 79.9. The molecule has 0 aliphatic heterocycles. The smallest absolute Gasteiger partial charge is 0.310 e. The summed E-state index contributed by atoms with van der Waals surface area (Å²) in [6.45, 7) is 1.13. The van der Waals surface area contributed by atoms with Crippen molar-refractivity contribution in [2.45, 2.75) is 13.3 Å². The van der Waals surface area contributed by atoms with Crippen molar-refractivity contribution in [2.75, 3.05) is 13.7 Å². The van der Waals surface area contributed by atoms with E-state index in [1.807, 2.05) is 0 Å². The highest BCUT2D eigenvalue weighted by Crippen LogP contribution is 2.23. The topological polar surface area (TPSA) is 69.7 Å². The van der Waals surface area contributed by atoms with Crippen molar-refractivity contribution in [3.63, 3.8) is 0 Å². The van der Waals surface area contributed by atoms with Gasteiger partial charge in [0, 0.05) is 11.1 Å². The molecule has 0 saturated carbocycles. The van der Waals surface area contributed by atoms with E-state index >= 15 is 0 Å². The number of hydrogen-bond donors (Lipinski definition) is 0. The SMILES string of the molecule is COc1ccc(C(C)=O)cc1CC(=O)OCC(=O)c1ccc(Br)s1. The molecular weight excluding hydrogens is 396 g/mol. The van der Waals surface area contributed by atoms with Gasteiger partial charge in [-0.15, -0.1) is 11.3 Å². The monoisotopic (exact) mass is 410 g/mol. The zero-order valence-corrected chi connectivity index (χ0v) is 15.5. The van der Waals surface area contributed by atoms with E-state index in [1.165, 1.54) is 25.4 Å². The minimum atomic E-state index is -0.557. The third-order valence-corrected chi connectivity index (χ3v) is 4.90. The van der Waals surface area contributed by atoms with Crippen LogP contribution in [0.1, 0.15) is 32.5 Å². The summed E-state index contributed by atoms with van der Waals surface area (Å²) in [4.78, 5) is 35.9. The van der Waals surface area contributed by atoms with Gasteiger partial charge in [0.1, 0.15) is 5.75 Å². The van der Waals surface area contributed by atoms with Gasteiger partial charge in [-0.1, -0.05) is 0 Å². The average molecular weight is 411 g/mol. The fraction of sp³-hybridized carbons (Fsp3) is 0.235. The largest absolute Gasteiger partial charge is 0.496 e. The second-order valence-electron chi connectivity index (χ2n) is 4.95. The molecule has 0 amide bonds. The maximum atomic E-state index is 12.0. The molecule has 0 unspecified atom stereocenters. The Morgan fingerprint density at radius 1 is 1.17 bits per heavy atom. The molecule has 0 bridgehead atoms. The number of hydrogen-bond acceptors (Lipinski definition) is 6. The Bertz CT molecular complexity index is 781. The molecule has 0 saturated heterocycles. The Morgan fingerprint density at radius 2 is 1.92 bits per heavy atom. The number of ether oxygens (including phenoxy) is 2. The summed E-state index contributed by atoms with van der Waals surface area (Å²) in [7, 11) is 1.48. The first-order valence-electron chi connectivity index (χ1n) is 7.02. The molecule has 0 radical (unpaired) electrons. The van der Waals surface area contributed by atoms with E-state index in [-0.39, 0.29) is 24.6 Å². The average Bonchev–Trinajstić information content (AvgIpc) is 2.99. The van der Waals surface area contributed by atoms with Crippen LogP contribution in [-0.2, 0) is 16.0 Å². The molecule has 24 heavy (non-hydrogen) atoms. The molecule has 1 aromatic carbocycles. The van der Waals surface area contributed by atoms with Crippen molar-refractivity contribution in [1.29, 1.82) is 0 Å². The Hall–Kier alpha value is -1.99. The third-order valence-electron chi connectivity index (χ3n) is 3.23. The van der Waals surface area contributed by atoms with E-state index in [0.29, 0.717) is 21.8 Å². The summed E-state index contributed by atoms with van der Waals surface area (Å²) in [6, 6.07) is 8.30. The number of carbonyl (C=O) groups excluding carboxylic acids is 3. The lowest BCUT2D eigenvalue weighted by Crippen LogP contribution is -2.15. The second kappa shape index (κ2) is 8.21. The minimum Gasteiger partial charge on any atom is -0.496 e. The maximum absolute atomic E-state index is 12.0. The lowest BCUT2D eigenvalue weighted by atomic mass is 10.0. The van der Waals surface area contributed by atoms with Gasteiger partial charge in [-0.2, -0.15) is 0 Å². The van der Waals surface area contributed by atoms with Crippen molar-refractivity contribution in [3.05, 3.63) is 50.1 Å². The van der Waals surface area contributed by atoms with Crippen LogP contribution in [0, 0.1) is 0 Å². The van der Waals surface area contributed by atoms with E-state index < -0.39 is 5.97 Å². The predicted molar refractivity (Wildman–Crippen MR) is 94.0 cm³/mol. The van der Waals surface area contributed by atoms with Crippen LogP contribution in [0.5, 0.6) is 5.75 Å². The van der Waals surface area contributed by atoms with Crippen LogP contribution in [0.2, 0.25) is 0 Å². The van der Waals surface area contributed by atoms with Gasteiger partial charge in [0.15, 0.2) is 12.4 Å². The quantitative estimate of drug-likeness (QED) is 0.514. The van der Waals surface area contributed by atoms with Crippen LogP contribution >= 0.6 is 27.3 Å². The van der Waals surface area contributed by atoms with Crippen molar-refractivity contribution >= 4 is 44.8 Å². The Morgan fingerprint density at radius 3 is 2.50 bits per heavy atom. The standard InChI is InChI=1S/C17H15BrO5S/c1-10(19)11-3-4-14(22-2)12(7-11)8-17(21)23-9-13(20)15-5-6-16(18)24-15/h3-7H,8-9H2,1-2H3. The Labute approximate surface area is 151 Å². The molecule has 0 aliphatic rings. The first kappa shape index (κ1) is 18.4. The molecule has 2 rings (SSSR count). The van der Waals surface area contributed by atoms with Gasteiger partial charge in [-0.3, -0.25) is 14.4 Å². The number of methoxy groups -OCH3 is 1. The van der Waals surface area contributed by atoms with Gasteiger partial charge in [0.2, 0.25) is 5.78 Å². The number of thiophene rings is 1. The first-order chi connectivity index (χ1) is 11.4. The van der Waals surface area contributed by atoms with Gasteiger partial charge in [-0.05, 0) is 53.2 Å². The van der Waals surface area contributed by atoms with E-state index in [9.17, 15) is 14.4 Å². The van der Waals surface area contributed by atoms with Crippen LogP contribution in [0.15, 0.2) is 34.1 Å². The molecule has 1 heterocycles. The highest BCUT2D eigenvalue weighted by molar-refractivity contribution is 9.11. The number of ketones is 2. The molecule has 1 aromatic heterocycles. The third kappa shape index (κ3) is 4.75. The zero-order chi connectivity index (χ0) is 17.7. The zero-order valence-electron chi connectivity index (χ0n) is 13.1. The number of Topliss-reactive ketones (excluding diaryl/α,β-unsaturated/α-hetero) is 2. The van der Waals surface area contributed by atoms with Gasteiger partial charge in [0.25, 0.3) is 0 Å². The summed E-state index contributed by atoms with van der Waals surface area (Å²) in [5, 5.41) is 0. The first-order valence-corrected chi connectivity index (χ1v) is 8.63. The molecule has 0 fully saturated rings. The number of benzene rings is 1. The Kier molecular flexibility index (Phi) is 6.28. The molecule has 7 heteroatoms. The van der Waals surface area contributed by atoms with Crippen molar-refractivity contribution in [2.24, 2.45) is 0 Å². The molecule has 2 aromatic rings. The second-order valence-corrected chi connectivity index (χ2v) is 7.41. The Balaban J connectivity index is 2.00. The number of halogens is 1. The van der Waals surface area contributed by atoms with Crippen LogP contribution in [0.4, 0.5) is 0 Å². The van der Waals surface area contributed by atoms with Gasteiger partial charge >= 0.3 is 5.97 Å². The molecule has 0 spiro atoms. The highest BCUT2D eigenvalue weighted by Gasteiger charge is 2.15. The number of rotatable bonds is 7. The molecule has 0 aliphatic carbocycles. The van der Waals surface area contributed by atoms with E-state index in [2.05, 4.69) is 15.9 Å². The lowest BCUT2D eigenvalue weighted by molar-refractivity contribution is -0.141. The molecular formula is C17H15BrO5S. The lowest BCUT2D eigenvalue weighted by Gasteiger charge is -2.09. The van der Waals surface area contributed by atoms with Gasteiger partial charge in [-0.25, -0.2) is 0 Å². The number of esters is 1. The van der Waals surface area contributed by atoms with Crippen LogP contribution in [0.25, 0.3) is 0 Å². The van der Waals surface area contributed by atoms with Crippen LogP contribution in [0.3, 0.4) is 0 Å². The van der Waals surface area contributed by atoms with Gasteiger partial charge in [0.05, 0.1) is 22.2 Å². The molecule has 5 nitrogen and oxygen atoms in total. The summed E-state index contributed by atoms with van der Waals surface area (Å²) in [5.41, 5.74) is 1.03. The fourth-order valence-electron chi connectivity index (χ4n) is 2.02. The van der Waals surface area contributed by atoms with Crippen molar-refractivity contribution in [1.82, 2.24) is 0 Å². The molecule has 0 atom stereocenters. The van der Waals surface area contributed by atoms with E-state index in [4.69, 9.17) is 9.47 Å². The summed E-state index contributed by atoms with van der Waals surface area (Å²) < 4.78 is 11.1.